The standard InChI is InChI=1S/C14H16N2O4/c1-3-9-15(10-4-2)13(14(17)18)11-7-5-6-8-12(11)16(19)20/h3-8,13H,1-2,9-10H2,(H,17,18). The smallest absolute Gasteiger partial charge is 0.325 e. The van der Waals surface area contributed by atoms with E-state index in [9.17, 15) is 20.0 Å². The van der Waals surface area contributed by atoms with E-state index < -0.39 is 16.9 Å². The van der Waals surface area contributed by atoms with Crippen molar-refractivity contribution in [2.24, 2.45) is 0 Å². The summed E-state index contributed by atoms with van der Waals surface area (Å²) in [6.07, 6.45) is 3.10. The summed E-state index contributed by atoms with van der Waals surface area (Å²) in [4.78, 5) is 23.5. The number of aliphatic carboxylic acids is 1. The Morgan fingerprint density at radius 1 is 1.35 bits per heavy atom. The Bertz CT molecular complexity index is 518. The Balaban J connectivity index is 3.32. The second kappa shape index (κ2) is 7.20. The molecule has 0 aliphatic carbocycles. The molecule has 1 unspecified atom stereocenters. The molecule has 0 amide bonds. The van der Waals surface area contributed by atoms with Gasteiger partial charge in [0.2, 0.25) is 0 Å². The number of nitro groups is 1. The van der Waals surface area contributed by atoms with Gasteiger partial charge in [-0.1, -0.05) is 24.3 Å². The summed E-state index contributed by atoms with van der Waals surface area (Å²) in [7, 11) is 0. The highest BCUT2D eigenvalue weighted by molar-refractivity contribution is 5.77. The molecular formula is C14H16N2O4. The first kappa shape index (κ1) is 15.6. The zero-order valence-electron chi connectivity index (χ0n) is 10.9. The van der Waals surface area contributed by atoms with Crippen molar-refractivity contribution in [2.45, 2.75) is 6.04 Å². The molecule has 0 aliphatic rings. The Morgan fingerprint density at radius 2 is 1.90 bits per heavy atom. The van der Waals surface area contributed by atoms with Gasteiger partial charge in [0.1, 0.15) is 6.04 Å². The molecule has 0 spiro atoms. The lowest BCUT2D eigenvalue weighted by atomic mass is 10.0. The van der Waals surface area contributed by atoms with Gasteiger partial charge in [0.05, 0.1) is 10.5 Å². The quantitative estimate of drug-likeness (QED) is 0.448. The molecule has 0 saturated heterocycles. The monoisotopic (exact) mass is 276 g/mol. The van der Waals surface area contributed by atoms with Crippen LogP contribution in [0.3, 0.4) is 0 Å². The van der Waals surface area contributed by atoms with Crippen molar-refractivity contribution in [3.63, 3.8) is 0 Å². The van der Waals surface area contributed by atoms with Crippen LogP contribution in [0, 0.1) is 10.1 Å². The number of hydrogen-bond donors (Lipinski definition) is 1. The SMILES string of the molecule is C=CCN(CC=C)C(C(=O)O)c1ccccc1[N+](=O)[O-]. The molecule has 1 aromatic rings. The number of carboxylic acids is 1. The summed E-state index contributed by atoms with van der Waals surface area (Å²) in [5.74, 6) is -1.15. The molecule has 6 heteroatoms. The Morgan fingerprint density at radius 3 is 2.35 bits per heavy atom. The van der Waals surface area contributed by atoms with Gasteiger partial charge in [-0.25, -0.2) is 0 Å². The van der Waals surface area contributed by atoms with E-state index in [1.165, 1.54) is 18.2 Å². The predicted molar refractivity (Wildman–Crippen MR) is 75.4 cm³/mol. The molecule has 0 bridgehead atoms. The normalized spacial score (nSPS) is 11.8. The summed E-state index contributed by atoms with van der Waals surface area (Å²) < 4.78 is 0. The summed E-state index contributed by atoms with van der Waals surface area (Å²) in [6.45, 7) is 7.72. The maximum Gasteiger partial charge on any atom is 0.325 e. The molecule has 0 fully saturated rings. The number of hydrogen-bond acceptors (Lipinski definition) is 4. The highest BCUT2D eigenvalue weighted by Gasteiger charge is 2.31. The van der Waals surface area contributed by atoms with Crippen LogP contribution >= 0.6 is 0 Å². The first-order valence-corrected chi connectivity index (χ1v) is 5.94. The van der Waals surface area contributed by atoms with Crippen LogP contribution in [0.1, 0.15) is 11.6 Å². The van der Waals surface area contributed by atoms with Crippen LogP contribution < -0.4 is 0 Å². The number of para-hydroxylation sites is 1. The van der Waals surface area contributed by atoms with Crippen LogP contribution in [0.2, 0.25) is 0 Å². The van der Waals surface area contributed by atoms with Gasteiger partial charge in [-0.15, -0.1) is 13.2 Å². The van der Waals surface area contributed by atoms with Crippen molar-refractivity contribution in [1.82, 2.24) is 4.90 Å². The van der Waals surface area contributed by atoms with Gasteiger partial charge in [-0.05, 0) is 6.07 Å². The van der Waals surface area contributed by atoms with E-state index in [1.807, 2.05) is 0 Å². The Labute approximate surface area is 116 Å². The van der Waals surface area contributed by atoms with E-state index in [0.29, 0.717) is 0 Å². The molecule has 1 N–H and O–H groups in total. The predicted octanol–water partition coefficient (Wildman–Crippen LogP) is 2.39. The van der Waals surface area contributed by atoms with Crippen molar-refractivity contribution in [2.75, 3.05) is 13.1 Å². The molecule has 0 aromatic heterocycles. The largest absolute Gasteiger partial charge is 0.480 e. The van der Waals surface area contributed by atoms with E-state index in [1.54, 1.807) is 23.1 Å². The molecule has 1 rings (SSSR count). The minimum atomic E-state index is -1.15. The van der Waals surface area contributed by atoms with Gasteiger partial charge < -0.3 is 5.11 Å². The number of nitro benzene ring substituents is 1. The number of nitrogens with zero attached hydrogens (tertiary/aromatic N) is 2. The van der Waals surface area contributed by atoms with Gasteiger partial charge in [0.15, 0.2) is 0 Å². The maximum absolute atomic E-state index is 11.5. The molecule has 1 atom stereocenters. The van der Waals surface area contributed by atoms with Crippen LogP contribution in [0.5, 0.6) is 0 Å². The first-order chi connectivity index (χ1) is 9.52. The van der Waals surface area contributed by atoms with Gasteiger partial charge in [-0.2, -0.15) is 0 Å². The molecule has 20 heavy (non-hydrogen) atoms. The summed E-state index contributed by atoms with van der Waals surface area (Å²) in [6, 6.07) is 4.72. The first-order valence-electron chi connectivity index (χ1n) is 5.94. The van der Waals surface area contributed by atoms with Crippen molar-refractivity contribution in [1.29, 1.82) is 0 Å². The van der Waals surface area contributed by atoms with Crippen molar-refractivity contribution < 1.29 is 14.8 Å². The fourth-order valence-corrected chi connectivity index (χ4v) is 1.99. The molecule has 0 heterocycles. The van der Waals surface area contributed by atoms with E-state index in [4.69, 9.17) is 0 Å². The topological polar surface area (TPSA) is 83.7 Å². The van der Waals surface area contributed by atoms with E-state index in [2.05, 4.69) is 13.2 Å². The number of carboxylic acid groups (broad SMARTS) is 1. The van der Waals surface area contributed by atoms with E-state index >= 15 is 0 Å². The fourth-order valence-electron chi connectivity index (χ4n) is 1.99. The van der Waals surface area contributed by atoms with E-state index in [-0.39, 0.29) is 24.3 Å². The molecule has 0 saturated carbocycles. The zero-order chi connectivity index (χ0) is 15.1. The molecule has 106 valence electrons. The second-order valence-corrected chi connectivity index (χ2v) is 4.09. The average Bonchev–Trinajstić information content (AvgIpc) is 2.39. The minimum absolute atomic E-state index is 0.147. The Kier molecular flexibility index (Phi) is 5.61. The van der Waals surface area contributed by atoms with Gasteiger partial charge in [-0.3, -0.25) is 19.8 Å². The van der Waals surface area contributed by atoms with Gasteiger partial charge in [0.25, 0.3) is 5.69 Å². The lowest BCUT2D eigenvalue weighted by Crippen LogP contribution is -2.34. The highest BCUT2D eigenvalue weighted by Crippen LogP contribution is 2.29. The number of benzene rings is 1. The van der Waals surface area contributed by atoms with Crippen LogP contribution in [-0.2, 0) is 4.79 Å². The Hall–Kier alpha value is -2.47. The van der Waals surface area contributed by atoms with Crippen molar-refractivity contribution in [3.05, 3.63) is 65.3 Å². The van der Waals surface area contributed by atoms with Crippen LogP contribution in [0.15, 0.2) is 49.6 Å². The van der Waals surface area contributed by atoms with Gasteiger partial charge >= 0.3 is 5.97 Å². The second-order valence-electron chi connectivity index (χ2n) is 4.09. The number of rotatable bonds is 8. The summed E-state index contributed by atoms with van der Waals surface area (Å²) in [5.41, 5.74) is -0.0632. The molecular weight excluding hydrogens is 260 g/mol. The zero-order valence-corrected chi connectivity index (χ0v) is 10.9. The average molecular weight is 276 g/mol. The van der Waals surface area contributed by atoms with Crippen molar-refractivity contribution >= 4 is 11.7 Å². The minimum Gasteiger partial charge on any atom is -0.480 e. The molecule has 0 radical (unpaired) electrons. The molecule has 6 nitrogen and oxygen atoms in total. The third-order valence-corrected chi connectivity index (χ3v) is 2.75. The highest BCUT2D eigenvalue weighted by atomic mass is 16.6. The lowest BCUT2D eigenvalue weighted by Gasteiger charge is -2.26. The third-order valence-electron chi connectivity index (χ3n) is 2.75. The van der Waals surface area contributed by atoms with Crippen LogP contribution in [0.25, 0.3) is 0 Å². The maximum atomic E-state index is 11.5. The molecule has 1 aromatic carbocycles. The lowest BCUT2D eigenvalue weighted by molar-refractivity contribution is -0.385. The third kappa shape index (κ3) is 3.52. The van der Waals surface area contributed by atoms with Crippen LogP contribution in [-0.4, -0.2) is 34.0 Å². The fraction of sp³-hybridized carbons (Fsp3) is 0.214. The van der Waals surface area contributed by atoms with Crippen molar-refractivity contribution in [3.8, 4) is 0 Å². The number of carbonyl (C=O) groups is 1. The summed E-state index contributed by atoms with van der Waals surface area (Å²) in [5, 5.41) is 20.5. The van der Waals surface area contributed by atoms with E-state index in [0.717, 1.165) is 0 Å². The summed E-state index contributed by atoms with van der Waals surface area (Å²) >= 11 is 0. The van der Waals surface area contributed by atoms with Crippen LogP contribution in [0.4, 0.5) is 5.69 Å². The molecule has 0 aliphatic heterocycles. The van der Waals surface area contributed by atoms with Gasteiger partial charge in [0, 0.05) is 19.2 Å².